The van der Waals surface area contributed by atoms with Gasteiger partial charge >= 0.3 is 0 Å². The largest absolute Gasteiger partial charge is 0.353 e. The maximum atomic E-state index is 12.5. The quantitative estimate of drug-likeness (QED) is 0.785. The lowest BCUT2D eigenvalue weighted by Gasteiger charge is -2.24. The van der Waals surface area contributed by atoms with Crippen molar-refractivity contribution in [1.29, 1.82) is 0 Å². The van der Waals surface area contributed by atoms with E-state index >= 15 is 0 Å². The van der Waals surface area contributed by atoms with Gasteiger partial charge in [-0.05, 0) is 54.4 Å². The molecular formula is C21H23N3O. The Bertz CT molecular complexity index is 899. The predicted molar refractivity (Wildman–Crippen MR) is 102 cm³/mol. The third kappa shape index (κ3) is 3.30. The molecule has 1 aliphatic rings. The van der Waals surface area contributed by atoms with Crippen LogP contribution in [0.4, 0.5) is 5.69 Å². The molecule has 1 saturated heterocycles. The van der Waals surface area contributed by atoms with Crippen LogP contribution >= 0.6 is 0 Å². The number of hydrogen-bond acceptors (Lipinski definition) is 2. The number of fused-ring (bicyclic) bond motifs is 1. The molecule has 2 heterocycles. The Hall–Kier alpha value is -2.59. The fraction of sp³-hybridized carbons (Fsp3) is 0.286. The first-order chi connectivity index (χ1) is 12.2. The molecule has 1 aromatic heterocycles. The van der Waals surface area contributed by atoms with Gasteiger partial charge in [0.15, 0.2) is 0 Å². The average Bonchev–Trinajstić information content (AvgIpc) is 3.23. The van der Waals surface area contributed by atoms with E-state index in [2.05, 4.69) is 52.3 Å². The highest BCUT2D eigenvalue weighted by molar-refractivity contribution is 5.95. The average molecular weight is 333 g/mol. The van der Waals surface area contributed by atoms with Gasteiger partial charge in [-0.25, -0.2) is 0 Å². The molecule has 0 unspecified atom stereocenters. The molecule has 4 nitrogen and oxygen atoms in total. The standard InChI is InChI=1S/C21H23N3O/c1-23-12-4-8-19(23)20-9-5-13-24(20)15-21(25)22-18-11-10-16-6-2-3-7-17(16)14-18/h2-4,6-8,10-12,14,20H,5,9,13,15H2,1H3,(H,22,25)/t20-/m0/s1. The van der Waals surface area contributed by atoms with Crippen LogP contribution in [0.5, 0.6) is 0 Å². The molecule has 2 aromatic carbocycles. The first-order valence-electron chi connectivity index (χ1n) is 8.85. The summed E-state index contributed by atoms with van der Waals surface area (Å²) < 4.78 is 2.16. The summed E-state index contributed by atoms with van der Waals surface area (Å²) in [4.78, 5) is 14.8. The maximum Gasteiger partial charge on any atom is 0.238 e. The second-order valence-electron chi connectivity index (χ2n) is 6.78. The zero-order valence-electron chi connectivity index (χ0n) is 14.5. The van der Waals surface area contributed by atoms with Crippen LogP contribution in [0.15, 0.2) is 60.8 Å². The number of aromatic nitrogens is 1. The summed E-state index contributed by atoms with van der Waals surface area (Å²) in [7, 11) is 2.07. The highest BCUT2D eigenvalue weighted by Gasteiger charge is 2.28. The maximum absolute atomic E-state index is 12.5. The van der Waals surface area contributed by atoms with E-state index in [1.165, 1.54) is 11.1 Å². The summed E-state index contributed by atoms with van der Waals surface area (Å²) >= 11 is 0. The van der Waals surface area contributed by atoms with Crippen LogP contribution in [0.25, 0.3) is 10.8 Å². The lowest BCUT2D eigenvalue weighted by molar-refractivity contribution is -0.117. The summed E-state index contributed by atoms with van der Waals surface area (Å²) in [6.07, 6.45) is 4.32. The highest BCUT2D eigenvalue weighted by Crippen LogP contribution is 2.31. The molecule has 1 fully saturated rings. The van der Waals surface area contributed by atoms with Crippen molar-refractivity contribution in [1.82, 2.24) is 9.47 Å². The summed E-state index contributed by atoms with van der Waals surface area (Å²) in [6.45, 7) is 1.41. The molecule has 1 aliphatic heterocycles. The van der Waals surface area contributed by atoms with Crippen LogP contribution < -0.4 is 5.32 Å². The van der Waals surface area contributed by atoms with Gasteiger partial charge < -0.3 is 9.88 Å². The van der Waals surface area contributed by atoms with Crippen molar-refractivity contribution < 1.29 is 4.79 Å². The molecule has 128 valence electrons. The van der Waals surface area contributed by atoms with Gasteiger partial charge in [-0.3, -0.25) is 9.69 Å². The van der Waals surface area contributed by atoms with E-state index in [9.17, 15) is 4.79 Å². The Balaban J connectivity index is 1.45. The van der Waals surface area contributed by atoms with Crippen molar-refractivity contribution in [3.63, 3.8) is 0 Å². The summed E-state index contributed by atoms with van der Waals surface area (Å²) in [6, 6.07) is 18.8. The van der Waals surface area contributed by atoms with Gasteiger partial charge in [-0.2, -0.15) is 0 Å². The van der Waals surface area contributed by atoms with Gasteiger partial charge in [0.1, 0.15) is 0 Å². The first kappa shape index (κ1) is 15.9. The topological polar surface area (TPSA) is 37.3 Å². The van der Waals surface area contributed by atoms with Gasteiger partial charge in [0, 0.05) is 24.6 Å². The van der Waals surface area contributed by atoms with Crippen molar-refractivity contribution in [2.24, 2.45) is 7.05 Å². The second-order valence-corrected chi connectivity index (χ2v) is 6.78. The monoisotopic (exact) mass is 333 g/mol. The third-order valence-corrected chi connectivity index (χ3v) is 5.07. The van der Waals surface area contributed by atoms with E-state index in [0.29, 0.717) is 12.6 Å². The van der Waals surface area contributed by atoms with Gasteiger partial charge in [0.25, 0.3) is 0 Å². The first-order valence-corrected chi connectivity index (χ1v) is 8.85. The Kier molecular flexibility index (Phi) is 4.28. The van der Waals surface area contributed by atoms with Crippen molar-refractivity contribution in [2.75, 3.05) is 18.4 Å². The fourth-order valence-corrected chi connectivity index (χ4v) is 3.82. The number of hydrogen-bond donors (Lipinski definition) is 1. The van der Waals surface area contributed by atoms with Crippen molar-refractivity contribution in [3.8, 4) is 0 Å². The van der Waals surface area contributed by atoms with Crippen molar-refractivity contribution in [3.05, 3.63) is 66.5 Å². The molecule has 0 bridgehead atoms. The second kappa shape index (κ2) is 6.73. The number of nitrogens with one attached hydrogen (secondary N) is 1. The van der Waals surface area contributed by atoms with Gasteiger partial charge in [0.2, 0.25) is 5.91 Å². The lowest BCUT2D eigenvalue weighted by Crippen LogP contribution is -2.33. The summed E-state index contributed by atoms with van der Waals surface area (Å²) in [5.41, 5.74) is 2.15. The summed E-state index contributed by atoms with van der Waals surface area (Å²) in [5, 5.41) is 5.38. The number of carbonyl (C=O) groups is 1. The fourth-order valence-electron chi connectivity index (χ4n) is 3.82. The Morgan fingerprint density at radius 2 is 1.96 bits per heavy atom. The zero-order valence-corrected chi connectivity index (χ0v) is 14.5. The SMILES string of the molecule is Cn1cccc1[C@@H]1CCCN1CC(=O)Nc1ccc2ccccc2c1. The van der Waals surface area contributed by atoms with Crippen molar-refractivity contribution in [2.45, 2.75) is 18.9 Å². The smallest absolute Gasteiger partial charge is 0.238 e. The van der Waals surface area contributed by atoms with E-state index < -0.39 is 0 Å². The molecular weight excluding hydrogens is 310 g/mol. The number of aryl methyl sites for hydroxylation is 1. The molecule has 1 amide bonds. The van der Waals surface area contributed by atoms with Crippen LogP contribution in [-0.2, 0) is 11.8 Å². The van der Waals surface area contributed by atoms with E-state index in [4.69, 9.17) is 0 Å². The van der Waals surface area contributed by atoms with Gasteiger partial charge in [-0.1, -0.05) is 30.3 Å². The van der Waals surface area contributed by atoms with Crippen LogP contribution in [0, 0.1) is 0 Å². The van der Waals surface area contributed by atoms with Crippen LogP contribution in [0.1, 0.15) is 24.6 Å². The minimum absolute atomic E-state index is 0.0522. The third-order valence-electron chi connectivity index (χ3n) is 5.07. The molecule has 4 rings (SSSR count). The molecule has 3 aromatic rings. The number of amides is 1. The Labute approximate surface area is 148 Å². The minimum atomic E-state index is 0.0522. The van der Waals surface area contributed by atoms with Gasteiger partial charge in [-0.15, -0.1) is 0 Å². The number of anilines is 1. The lowest BCUT2D eigenvalue weighted by atomic mass is 10.1. The molecule has 1 atom stereocenters. The molecule has 0 aliphatic carbocycles. The predicted octanol–water partition coefficient (Wildman–Crippen LogP) is 3.95. The zero-order chi connectivity index (χ0) is 17.2. The number of benzene rings is 2. The van der Waals surface area contributed by atoms with E-state index in [1.807, 2.05) is 30.3 Å². The Morgan fingerprint density at radius 1 is 1.12 bits per heavy atom. The number of carbonyl (C=O) groups excluding carboxylic acids is 1. The molecule has 0 spiro atoms. The number of likely N-dealkylation sites (tertiary alicyclic amines) is 1. The molecule has 1 N–H and O–H groups in total. The normalized spacial score (nSPS) is 17.9. The molecule has 25 heavy (non-hydrogen) atoms. The number of nitrogens with zero attached hydrogens (tertiary/aromatic N) is 2. The molecule has 4 heteroatoms. The molecule has 0 saturated carbocycles. The van der Waals surface area contributed by atoms with E-state index in [1.54, 1.807) is 0 Å². The van der Waals surface area contributed by atoms with Crippen LogP contribution in [0.3, 0.4) is 0 Å². The Morgan fingerprint density at radius 3 is 2.76 bits per heavy atom. The minimum Gasteiger partial charge on any atom is -0.353 e. The molecule has 0 radical (unpaired) electrons. The number of rotatable bonds is 4. The summed E-state index contributed by atoms with van der Waals surface area (Å²) in [5.74, 6) is 0.0522. The van der Waals surface area contributed by atoms with Crippen LogP contribution in [-0.4, -0.2) is 28.5 Å². The highest BCUT2D eigenvalue weighted by atomic mass is 16.2. The van der Waals surface area contributed by atoms with E-state index in [0.717, 1.165) is 30.5 Å². The van der Waals surface area contributed by atoms with Crippen molar-refractivity contribution >= 4 is 22.4 Å². The van der Waals surface area contributed by atoms with E-state index in [-0.39, 0.29) is 5.91 Å². The van der Waals surface area contributed by atoms with Crippen LogP contribution in [0.2, 0.25) is 0 Å². The van der Waals surface area contributed by atoms with Gasteiger partial charge in [0.05, 0.1) is 12.6 Å².